The molecule has 9 nitrogen and oxygen atoms in total. The highest BCUT2D eigenvalue weighted by Crippen LogP contribution is 2.42. The van der Waals surface area contributed by atoms with E-state index in [9.17, 15) is 9.90 Å². The minimum Gasteiger partial charge on any atom is -0.508 e. The summed E-state index contributed by atoms with van der Waals surface area (Å²) in [6, 6.07) is 12.8. The molecule has 2 aliphatic heterocycles. The predicted molar refractivity (Wildman–Crippen MR) is 174 cm³/mol. The fourth-order valence-electron chi connectivity index (χ4n) is 6.64. The monoisotopic (exact) mass is 614 g/mol. The van der Waals surface area contributed by atoms with Crippen molar-refractivity contribution in [3.8, 4) is 22.9 Å². The maximum atomic E-state index is 16.9. The Morgan fingerprint density at radius 1 is 1.11 bits per heavy atom. The molecule has 2 atom stereocenters. The molecule has 2 bridgehead atoms. The molecule has 2 aliphatic rings. The smallest absolute Gasteiger partial charge is 0.410 e. The molecule has 2 saturated heterocycles. The van der Waals surface area contributed by atoms with Gasteiger partial charge in [-0.15, -0.1) is 0 Å². The SMILES string of the molecule is C=[N+](C)CCCOc1nc(N2CC3CCC(C2)N3C(=O)OC(C)(C)C)c2cc(C)c(-c3cc(O)cc4ccccc34)c(F)c2n1. The Labute approximate surface area is 262 Å². The highest BCUT2D eigenvalue weighted by molar-refractivity contribution is 6.02. The molecule has 3 aromatic carbocycles. The summed E-state index contributed by atoms with van der Waals surface area (Å²) in [4.78, 5) is 26.6. The first-order valence-electron chi connectivity index (χ1n) is 15.5. The Hall–Kier alpha value is -4.47. The van der Waals surface area contributed by atoms with Crippen molar-refractivity contribution >= 4 is 40.3 Å². The number of aromatic hydroxyl groups is 1. The topological polar surface area (TPSA) is 91.0 Å². The van der Waals surface area contributed by atoms with Gasteiger partial charge in [-0.1, -0.05) is 24.3 Å². The lowest BCUT2D eigenvalue weighted by Crippen LogP contribution is -2.57. The lowest BCUT2D eigenvalue weighted by Gasteiger charge is -2.42. The standard InChI is InChI=1S/C35H40FN5O4/c1-21-16-28-31(30(36)29(21)27-18-25(42)17-22-10-7-8-11-26(22)27)37-33(44-15-9-14-39(5)6)38-32(28)40-19-23-12-13-24(20-40)41(23)34(43)45-35(2,3)4/h7-8,10-11,16-18,23-24H,5,9,12-15,19-20H2,1-4,6H3/p+1. The van der Waals surface area contributed by atoms with Crippen LogP contribution in [-0.2, 0) is 4.74 Å². The Morgan fingerprint density at radius 3 is 2.51 bits per heavy atom. The summed E-state index contributed by atoms with van der Waals surface area (Å²) >= 11 is 0. The zero-order chi connectivity index (χ0) is 32.0. The van der Waals surface area contributed by atoms with Gasteiger partial charge in [0.25, 0.3) is 0 Å². The average Bonchev–Trinajstić information content (AvgIpc) is 3.23. The number of amides is 1. The normalized spacial score (nSPS) is 18.1. The molecule has 1 N–H and O–H groups in total. The molecule has 0 aliphatic carbocycles. The van der Waals surface area contributed by atoms with Gasteiger partial charge in [0.05, 0.1) is 18.7 Å². The Bertz CT molecular complexity index is 1790. The van der Waals surface area contributed by atoms with Crippen LogP contribution >= 0.6 is 0 Å². The van der Waals surface area contributed by atoms with Crippen molar-refractivity contribution in [2.75, 3.05) is 38.2 Å². The fourth-order valence-corrected chi connectivity index (χ4v) is 6.64. The van der Waals surface area contributed by atoms with E-state index >= 15 is 4.39 Å². The molecule has 45 heavy (non-hydrogen) atoms. The minimum absolute atomic E-state index is 0.0514. The lowest BCUT2D eigenvalue weighted by atomic mass is 9.93. The summed E-state index contributed by atoms with van der Waals surface area (Å²) < 4.78 is 30.4. The van der Waals surface area contributed by atoms with Crippen molar-refractivity contribution in [2.45, 2.75) is 64.6 Å². The van der Waals surface area contributed by atoms with Crippen LogP contribution in [0.4, 0.5) is 15.0 Å². The first kappa shape index (κ1) is 30.6. The predicted octanol–water partition coefficient (Wildman–Crippen LogP) is 6.30. The lowest BCUT2D eigenvalue weighted by molar-refractivity contribution is -0.489. The maximum Gasteiger partial charge on any atom is 0.410 e. The van der Waals surface area contributed by atoms with Gasteiger partial charge in [-0.25, -0.2) is 13.8 Å². The van der Waals surface area contributed by atoms with Crippen LogP contribution < -0.4 is 9.64 Å². The number of aryl methyl sites for hydroxylation is 1. The summed E-state index contributed by atoms with van der Waals surface area (Å²) in [6.07, 6.45) is 2.11. The van der Waals surface area contributed by atoms with Gasteiger partial charge < -0.3 is 19.5 Å². The van der Waals surface area contributed by atoms with Crippen LogP contribution in [0.1, 0.15) is 45.6 Å². The molecule has 2 unspecified atom stereocenters. The van der Waals surface area contributed by atoms with E-state index in [2.05, 4.69) is 16.6 Å². The number of phenolic OH excluding ortho intramolecular Hbond substituents is 1. The number of carbonyl (C=O) groups is 1. The Kier molecular flexibility index (Phi) is 8.01. The second-order valence-electron chi connectivity index (χ2n) is 13.3. The summed E-state index contributed by atoms with van der Waals surface area (Å²) in [5, 5.41) is 12.8. The molecule has 4 aromatic rings. The van der Waals surface area contributed by atoms with Gasteiger partial charge in [-0.2, -0.15) is 9.97 Å². The molecule has 3 heterocycles. The number of aromatic nitrogens is 2. The van der Waals surface area contributed by atoms with Gasteiger partial charge in [-0.05, 0) is 80.6 Å². The van der Waals surface area contributed by atoms with E-state index in [0.717, 1.165) is 30.2 Å². The molecule has 10 heteroatoms. The van der Waals surface area contributed by atoms with E-state index < -0.39 is 11.4 Å². The third-order valence-electron chi connectivity index (χ3n) is 8.50. The Morgan fingerprint density at radius 2 is 1.82 bits per heavy atom. The number of benzene rings is 3. The molecule has 2 fully saturated rings. The second kappa shape index (κ2) is 11.8. The first-order valence-corrected chi connectivity index (χ1v) is 15.5. The summed E-state index contributed by atoms with van der Waals surface area (Å²) in [5.74, 6) is 0.144. The van der Waals surface area contributed by atoms with Crippen LogP contribution in [0.5, 0.6) is 11.8 Å². The average molecular weight is 615 g/mol. The summed E-state index contributed by atoms with van der Waals surface area (Å²) in [6.45, 7) is 13.5. The van der Waals surface area contributed by atoms with Crippen molar-refractivity contribution in [1.29, 1.82) is 0 Å². The molecular formula is C35H41FN5O4+. The second-order valence-corrected chi connectivity index (χ2v) is 13.3. The van der Waals surface area contributed by atoms with E-state index in [1.807, 2.05) is 74.5 Å². The van der Waals surface area contributed by atoms with Crippen LogP contribution in [0, 0.1) is 12.7 Å². The fraction of sp³-hybridized carbons (Fsp3) is 0.429. The van der Waals surface area contributed by atoms with Crippen molar-refractivity contribution in [2.24, 2.45) is 0 Å². The number of fused-ring (bicyclic) bond motifs is 4. The minimum atomic E-state index is -0.584. The van der Waals surface area contributed by atoms with E-state index in [0.29, 0.717) is 54.0 Å². The van der Waals surface area contributed by atoms with Crippen LogP contribution in [0.25, 0.3) is 32.8 Å². The Balaban J connectivity index is 1.44. The molecule has 1 amide bonds. The van der Waals surface area contributed by atoms with Crippen LogP contribution in [0.3, 0.4) is 0 Å². The van der Waals surface area contributed by atoms with Crippen LogP contribution in [0.2, 0.25) is 0 Å². The van der Waals surface area contributed by atoms with Crippen molar-refractivity contribution in [3.05, 3.63) is 53.8 Å². The zero-order valence-corrected chi connectivity index (χ0v) is 26.6. The van der Waals surface area contributed by atoms with E-state index in [1.54, 1.807) is 12.1 Å². The first-order chi connectivity index (χ1) is 21.4. The maximum absolute atomic E-state index is 16.9. The number of carbonyl (C=O) groups excluding carboxylic acids is 1. The van der Waals surface area contributed by atoms with Gasteiger partial charge in [-0.3, -0.25) is 4.90 Å². The van der Waals surface area contributed by atoms with Gasteiger partial charge in [0.1, 0.15) is 43.0 Å². The molecule has 0 spiro atoms. The molecule has 0 radical (unpaired) electrons. The van der Waals surface area contributed by atoms with Crippen molar-refractivity contribution in [1.82, 2.24) is 14.9 Å². The number of ether oxygens (including phenoxy) is 2. The molecular weight excluding hydrogens is 573 g/mol. The van der Waals surface area contributed by atoms with Crippen molar-refractivity contribution < 1.29 is 28.3 Å². The third kappa shape index (κ3) is 6.10. The number of anilines is 1. The van der Waals surface area contributed by atoms with E-state index in [1.165, 1.54) is 0 Å². The number of nitrogens with zero attached hydrogens (tertiary/aromatic N) is 5. The third-order valence-corrected chi connectivity index (χ3v) is 8.50. The van der Waals surface area contributed by atoms with Crippen LogP contribution in [0.15, 0.2) is 42.5 Å². The zero-order valence-electron chi connectivity index (χ0n) is 26.6. The number of hydrogen-bond acceptors (Lipinski definition) is 7. The van der Waals surface area contributed by atoms with Crippen LogP contribution in [-0.4, -0.2) is 88.3 Å². The van der Waals surface area contributed by atoms with E-state index in [-0.39, 0.29) is 35.5 Å². The number of phenols is 1. The number of halogens is 1. The van der Waals surface area contributed by atoms with Crippen molar-refractivity contribution in [3.63, 3.8) is 0 Å². The highest BCUT2D eigenvalue weighted by atomic mass is 19.1. The molecule has 236 valence electrons. The molecule has 6 rings (SSSR count). The summed E-state index contributed by atoms with van der Waals surface area (Å²) in [5.41, 5.74) is 1.23. The molecule has 1 aromatic heterocycles. The van der Waals surface area contributed by atoms with Gasteiger partial charge in [0.15, 0.2) is 5.82 Å². The molecule has 0 saturated carbocycles. The number of piperazine rings is 1. The van der Waals surface area contributed by atoms with Gasteiger partial charge in [0.2, 0.25) is 0 Å². The summed E-state index contributed by atoms with van der Waals surface area (Å²) in [7, 11) is 1.89. The van der Waals surface area contributed by atoms with Gasteiger partial charge in [0, 0.05) is 30.5 Å². The van der Waals surface area contributed by atoms with E-state index in [4.69, 9.17) is 14.5 Å². The quantitative estimate of drug-likeness (QED) is 0.148. The largest absolute Gasteiger partial charge is 0.508 e. The number of hydrogen-bond donors (Lipinski definition) is 1. The van der Waals surface area contributed by atoms with Gasteiger partial charge >= 0.3 is 12.1 Å². The number of rotatable bonds is 7. The highest BCUT2D eigenvalue weighted by Gasteiger charge is 2.45.